The Hall–Kier alpha value is -3.23. The monoisotopic (exact) mass is 412 g/mol. The number of hydrogen-bond donors (Lipinski definition) is 1. The van der Waals surface area contributed by atoms with E-state index in [4.69, 9.17) is 11.6 Å². The van der Waals surface area contributed by atoms with E-state index in [-0.39, 0.29) is 11.4 Å². The summed E-state index contributed by atoms with van der Waals surface area (Å²) >= 11 is 7.14. The molecular weight excluding hydrogens is 400 g/mol. The predicted molar refractivity (Wildman–Crippen MR) is 109 cm³/mol. The van der Waals surface area contributed by atoms with Crippen LogP contribution in [0.1, 0.15) is 15.4 Å². The van der Waals surface area contributed by atoms with Gasteiger partial charge in [0.15, 0.2) is 4.96 Å². The van der Waals surface area contributed by atoms with Gasteiger partial charge >= 0.3 is 0 Å². The molecule has 0 atom stereocenters. The Bertz CT molecular complexity index is 1220. The van der Waals surface area contributed by atoms with Gasteiger partial charge in [-0.05, 0) is 19.1 Å². The molecule has 0 aliphatic rings. The molecule has 0 aliphatic carbocycles. The SMILES string of the molecule is Cc1c(C(=O)Nc2cc(Cl)ccc2[N+](=O)[O-])sc2nc(-c3ccccc3)cn12. The average molecular weight is 413 g/mol. The van der Waals surface area contributed by atoms with Gasteiger partial charge in [0.05, 0.1) is 10.6 Å². The lowest BCUT2D eigenvalue weighted by molar-refractivity contribution is -0.383. The van der Waals surface area contributed by atoms with E-state index in [2.05, 4.69) is 10.3 Å². The molecular formula is C19H13ClN4O3S. The van der Waals surface area contributed by atoms with Crippen molar-refractivity contribution in [1.29, 1.82) is 0 Å². The van der Waals surface area contributed by atoms with Crippen molar-refractivity contribution >= 4 is 45.2 Å². The lowest BCUT2D eigenvalue weighted by atomic mass is 10.2. The van der Waals surface area contributed by atoms with Crippen LogP contribution in [-0.2, 0) is 0 Å². The van der Waals surface area contributed by atoms with E-state index >= 15 is 0 Å². The number of aryl methyl sites for hydroxylation is 1. The number of hydrogen-bond acceptors (Lipinski definition) is 5. The van der Waals surface area contributed by atoms with E-state index in [9.17, 15) is 14.9 Å². The third kappa shape index (κ3) is 3.23. The topological polar surface area (TPSA) is 89.5 Å². The summed E-state index contributed by atoms with van der Waals surface area (Å²) in [7, 11) is 0. The first-order valence-corrected chi connectivity index (χ1v) is 9.42. The number of benzene rings is 2. The van der Waals surface area contributed by atoms with Crippen LogP contribution in [0, 0.1) is 17.0 Å². The number of nitrogens with zero attached hydrogens (tertiary/aromatic N) is 3. The van der Waals surface area contributed by atoms with E-state index in [1.807, 2.05) is 40.9 Å². The summed E-state index contributed by atoms with van der Waals surface area (Å²) in [6.45, 7) is 1.81. The zero-order valence-corrected chi connectivity index (χ0v) is 16.1. The first-order chi connectivity index (χ1) is 13.4. The molecule has 28 heavy (non-hydrogen) atoms. The molecule has 2 aromatic carbocycles. The summed E-state index contributed by atoms with van der Waals surface area (Å²) in [6, 6.07) is 13.8. The van der Waals surface area contributed by atoms with Gasteiger partial charge < -0.3 is 5.32 Å². The van der Waals surface area contributed by atoms with Gasteiger partial charge in [0.1, 0.15) is 10.6 Å². The summed E-state index contributed by atoms with van der Waals surface area (Å²) in [6.07, 6.45) is 1.87. The zero-order chi connectivity index (χ0) is 19.8. The molecule has 0 aliphatic heterocycles. The normalized spacial score (nSPS) is 10.9. The Morgan fingerprint density at radius 2 is 2.00 bits per heavy atom. The summed E-state index contributed by atoms with van der Waals surface area (Å²) in [5.41, 5.74) is 2.34. The maximum atomic E-state index is 12.7. The summed E-state index contributed by atoms with van der Waals surface area (Å²) in [5.74, 6) is -0.445. The minimum absolute atomic E-state index is 0.0536. The van der Waals surface area contributed by atoms with E-state index in [1.165, 1.54) is 29.5 Å². The number of nitro benzene ring substituents is 1. The minimum Gasteiger partial charge on any atom is -0.315 e. The van der Waals surface area contributed by atoms with Gasteiger partial charge in [-0.25, -0.2) is 4.98 Å². The van der Waals surface area contributed by atoms with Crippen molar-refractivity contribution in [3.63, 3.8) is 0 Å². The van der Waals surface area contributed by atoms with Crippen molar-refractivity contribution in [3.8, 4) is 11.3 Å². The van der Waals surface area contributed by atoms with Crippen molar-refractivity contribution in [3.05, 3.63) is 80.4 Å². The molecule has 4 rings (SSSR count). The third-order valence-corrected chi connectivity index (χ3v) is 5.63. The van der Waals surface area contributed by atoms with Crippen LogP contribution in [0.4, 0.5) is 11.4 Å². The zero-order valence-electron chi connectivity index (χ0n) is 14.5. The number of carbonyl (C=O) groups excluding carboxylic acids is 1. The molecule has 0 saturated carbocycles. The molecule has 4 aromatic rings. The highest BCUT2D eigenvalue weighted by Crippen LogP contribution is 2.31. The van der Waals surface area contributed by atoms with Gasteiger partial charge in [0.2, 0.25) is 0 Å². The highest BCUT2D eigenvalue weighted by Gasteiger charge is 2.21. The Labute approximate surface area is 168 Å². The quantitative estimate of drug-likeness (QED) is 0.369. The Balaban J connectivity index is 1.67. The number of nitro groups is 1. The van der Waals surface area contributed by atoms with Crippen molar-refractivity contribution in [2.24, 2.45) is 0 Å². The number of anilines is 1. The Morgan fingerprint density at radius 1 is 1.25 bits per heavy atom. The van der Waals surface area contributed by atoms with Gasteiger partial charge in [-0.15, -0.1) is 0 Å². The summed E-state index contributed by atoms with van der Waals surface area (Å²) < 4.78 is 1.84. The van der Waals surface area contributed by atoms with Gasteiger partial charge in [0, 0.05) is 28.5 Å². The fourth-order valence-electron chi connectivity index (χ4n) is 2.86. The lowest BCUT2D eigenvalue weighted by Gasteiger charge is -2.06. The molecule has 0 saturated heterocycles. The van der Waals surface area contributed by atoms with Crippen LogP contribution in [0.3, 0.4) is 0 Å². The number of nitrogens with one attached hydrogen (secondary N) is 1. The lowest BCUT2D eigenvalue weighted by Crippen LogP contribution is -2.13. The summed E-state index contributed by atoms with van der Waals surface area (Å²) in [5, 5.41) is 14.1. The van der Waals surface area contributed by atoms with Crippen molar-refractivity contribution in [1.82, 2.24) is 9.38 Å². The molecule has 0 unspecified atom stereocenters. The Morgan fingerprint density at radius 3 is 2.68 bits per heavy atom. The average Bonchev–Trinajstić information content (AvgIpc) is 3.22. The maximum Gasteiger partial charge on any atom is 0.292 e. The van der Waals surface area contributed by atoms with Crippen LogP contribution in [0.2, 0.25) is 5.02 Å². The van der Waals surface area contributed by atoms with Crippen LogP contribution < -0.4 is 5.32 Å². The smallest absolute Gasteiger partial charge is 0.292 e. The molecule has 0 bridgehead atoms. The second-order valence-electron chi connectivity index (χ2n) is 6.03. The van der Waals surface area contributed by atoms with Crippen LogP contribution in [0.5, 0.6) is 0 Å². The number of imidazole rings is 1. The number of halogens is 1. The van der Waals surface area contributed by atoms with E-state index < -0.39 is 10.8 Å². The predicted octanol–water partition coefficient (Wildman–Crippen LogP) is 5.19. The highest BCUT2D eigenvalue weighted by atomic mass is 35.5. The van der Waals surface area contributed by atoms with Crippen LogP contribution in [-0.4, -0.2) is 20.2 Å². The van der Waals surface area contributed by atoms with Gasteiger partial charge in [-0.2, -0.15) is 0 Å². The number of fused-ring (bicyclic) bond motifs is 1. The van der Waals surface area contributed by atoms with Crippen LogP contribution in [0.15, 0.2) is 54.7 Å². The number of aromatic nitrogens is 2. The molecule has 9 heteroatoms. The van der Waals surface area contributed by atoms with E-state index in [0.29, 0.717) is 20.6 Å². The van der Waals surface area contributed by atoms with Gasteiger partial charge in [-0.1, -0.05) is 53.3 Å². The van der Waals surface area contributed by atoms with Gasteiger partial charge in [-0.3, -0.25) is 19.3 Å². The molecule has 140 valence electrons. The first kappa shape index (κ1) is 18.1. The second-order valence-corrected chi connectivity index (χ2v) is 7.45. The standard InChI is InChI=1S/C19H13ClN4O3S/c1-11-17(18(25)21-14-9-13(20)7-8-16(14)24(26)27)28-19-22-15(10-23(11)19)12-5-3-2-4-6-12/h2-10H,1H3,(H,21,25). The minimum atomic E-state index is -0.563. The Kier molecular flexibility index (Phi) is 4.58. The van der Waals surface area contributed by atoms with E-state index in [0.717, 1.165) is 11.3 Å². The molecule has 0 spiro atoms. The molecule has 2 heterocycles. The molecule has 2 aromatic heterocycles. The molecule has 1 N–H and O–H groups in total. The second kappa shape index (κ2) is 7.06. The van der Waals surface area contributed by atoms with Crippen LogP contribution in [0.25, 0.3) is 16.2 Å². The number of thiazole rings is 1. The number of amides is 1. The fraction of sp³-hybridized carbons (Fsp3) is 0.0526. The molecule has 1 amide bonds. The molecule has 0 radical (unpaired) electrons. The highest BCUT2D eigenvalue weighted by molar-refractivity contribution is 7.19. The van der Waals surface area contributed by atoms with Crippen LogP contribution >= 0.6 is 22.9 Å². The summed E-state index contributed by atoms with van der Waals surface area (Å²) in [4.78, 5) is 29.0. The number of carbonyl (C=O) groups is 1. The molecule has 0 fully saturated rings. The number of rotatable bonds is 4. The fourth-order valence-corrected chi connectivity index (χ4v) is 4.03. The maximum absolute atomic E-state index is 12.7. The van der Waals surface area contributed by atoms with Crippen molar-refractivity contribution in [2.45, 2.75) is 6.92 Å². The molecule has 7 nitrogen and oxygen atoms in total. The van der Waals surface area contributed by atoms with Crippen molar-refractivity contribution < 1.29 is 9.72 Å². The van der Waals surface area contributed by atoms with Crippen molar-refractivity contribution in [2.75, 3.05) is 5.32 Å². The van der Waals surface area contributed by atoms with Gasteiger partial charge in [0.25, 0.3) is 11.6 Å². The first-order valence-electron chi connectivity index (χ1n) is 8.23. The third-order valence-electron chi connectivity index (χ3n) is 4.24. The van der Waals surface area contributed by atoms with E-state index in [1.54, 1.807) is 6.92 Å². The largest absolute Gasteiger partial charge is 0.315 e.